The Hall–Kier alpha value is -10.1. The molecule has 3 heterocycles. The van der Waals surface area contributed by atoms with Crippen LogP contribution in [0.25, 0.3) is 118 Å². The fourth-order valence-electron chi connectivity index (χ4n) is 11.1. The number of hydrogen-bond acceptors (Lipinski definition) is 6. The fourth-order valence-corrected chi connectivity index (χ4v) is 11.1. The number of fused-ring (bicyclic) bond motifs is 6. The van der Waals surface area contributed by atoms with Crippen molar-refractivity contribution in [3.05, 3.63) is 270 Å². The Morgan fingerprint density at radius 2 is 0.753 bits per heavy atom. The smallest absolute Gasteiger partial charge is 0.164 e. The van der Waals surface area contributed by atoms with Gasteiger partial charge in [0.05, 0.1) is 16.7 Å². The molecule has 3 aromatic heterocycles. The average molecular weight is 996 g/mol. The predicted molar refractivity (Wildman–Crippen MR) is 303 cm³/mol. The third-order valence-corrected chi connectivity index (χ3v) is 14.6. The van der Waals surface area contributed by atoms with Crippen LogP contribution in [-0.2, 0) is 0 Å². The van der Waals surface area contributed by atoms with Gasteiger partial charge in [0.1, 0.15) is 11.6 Å². The summed E-state index contributed by atoms with van der Waals surface area (Å²) in [5.41, 5.74) is 15.5. The normalized spacial score (nSPS) is 12.7. The zero-order valence-corrected chi connectivity index (χ0v) is 41.5. The second kappa shape index (κ2) is 18.7. The zero-order chi connectivity index (χ0) is 51.6. The third-order valence-electron chi connectivity index (χ3n) is 14.6. The van der Waals surface area contributed by atoms with E-state index in [2.05, 4.69) is 102 Å². The Morgan fingerprint density at radius 3 is 1.31 bits per heavy atom. The van der Waals surface area contributed by atoms with Gasteiger partial charge in [-0.25, -0.2) is 38.7 Å². The van der Waals surface area contributed by atoms with Gasteiger partial charge in [0.15, 0.2) is 34.9 Å². The van der Waals surface area contributed by atoms with Crippen LogP contribution in [0.15, 0.2) is 237 Å². The van der Waals surface area contributed by atoms with E-state index in [4.69, 9.17) is 29.9 Å². The predicted octanol–water partition coefficient (Wildman–Crippen LogP) is 16.6. The number of para-hydroxylation sites is 1. The number of halogens is 2. The minimum Gasteiger partial charge on any atom is -0.309 e. The Kier molecular flexibility index (Phi) is 11.0. The third kappa shape index (κ3) is 8.13. The highest BCUT2D eigenvalue weighted by molar-refractivity contribution is 6.10. The highest BCUT2D eigenvalue weighted by atomic mass is 19.1. The molecule has 1 aliphatic carbocycles. The van der Waals surface area contributed by atoms with Crippen molar-refractivity contribution in [1.82, 2.24) is 34.5 Å². The maximum absolute atomic E-state index is 15.2. The molecule has 9 heteroatoms. The molecule has 1 atom stereocenters. The highest BCUT2D eigenvalue weighted by Crippen LogP contribution is 2.52. The summed E-state index contributed by atoms with van der Waals surface area (Å²) >= 11 is 0. The fraction of sp³-hybridized carbons (Fsp3) is 0.0294. The van der Waals surface area contributed by atoms with Crippen molar-refractivity contribution in [3.63, 3.8) is 0 Å². The van der Waals surface area contributed by atoms with Gasteiger partial charge in [-0.2, -0.15) is 0 Å². The molecule has 1 aliphatic rings. The molecule has 0 spiro atoms. The van der Waals surface area contributed by atoms with E-state index in [9.17, 15) is 0 Å². The van der Waals surface area contributed by atoms with E-state index in [1.807, 2.05) is 128 Å². The van der Waals surface area contributed by atoms with Crippen LogP contribution in [0, 0.1) is 18.6 Å². The quantitative estimate of drug-likeness (QED) is 0.143. The van der Waals surface area contributed by atoms with Crippen molar-refractivity contribution in [2.45, 2.75) is 12.8 Å². The van der Waals surface area contributed by atoms with Gasteiger partial charge in [0.2, 0.25) is 0 Å². The minimum absolute atomic E-state index is 0.242. The lowest BCUT2D eigenvalue weighted by atomic mass is 9.85. The molecule has 77 heavy (non-hydrogen) atoms. The maximum atomic E-state index is 15.2. The summed E-state index contributed by atoms with van der Waals surface area (Å²) in [6, 6.07) is 77.8. The average Bonchev–Trinajstić information content (AvgIpc) is 4.17. The van der Waals surface area contributed by atoms with Gasteiger partial charge in [0.25, 0.3) is 0 Å². The van der Waals surface area contributed by atoms with Crippen LogP contribution in [0.4, 0.5) is 8.78 Å². The first kappa shape index (κ1) is 45.5. The Bertz CT molecular complexity index is 4290. The van der Waals surface area contributed by atoms with Gasteiger partial charge in [-0.1, -0.05) is 182 Å². The second-order valence-corrected chi connectivity index (χ2v) is 19.4. The molecule has 14 rings (SSSR count). The second-order valence-electron chi connectivity index (χ2n) is 19.4. The van der Waals surface area contributed by atoms with Gasteiger partial charge in [-0.05, 0) is 100.0 Å². The van der Waals surface area contributed by atoms with Crippen molar-refractivity contribution in [3.8, 4) is 96.3 Å². The molecule has 0 radical (unpaired) electrons. The van der Waals surface area contributed by atoms with Crippen LogP contribution >= 0.6 is 0 Å². The summed E-state index contributed by atoms with van der Waals surface area (Å²) in [6.07, 6.45) is 0. The molecular formula is C68H43F2N7. The van der Waals surface area contributed by atoms with E-state index in [0.717, 1.165) is 106 Å². The molecule has 0 bridgehead atoms. The maximum Gasteiger partial charge on any atom is 0.164 e. The van der Waals surface area contributed by atoms with E-state index < -0.39 is 11.6 Å². The van der Waals surface area contributed by atoms with Crippen LogP contribution in [-0.4, -0.2) is 34.5 Å². The monoisotopic (exact) mass is 995 g/mol. The summed E-state index contributed by atoms with van der Waals surface area (Å²) < 4.78 is 32.7. The molecule has 7 nitrogen and oxygen atoms in total. The zero-order valence-electron chi connectivity index (χ0n) is 41.5. The van der Waals surface area contributed by atoms with Crippen LogP contribution in [0.3, 0.4) is 0 Å². The van der Waals surface area contributed by atoms with Crippen LogP contribution in [0.2, 0.25) is 0 Å². The molecular weight excluding hydrogens is 953 g/mol. The topological polar surface area (TPSA) is 82.3 Å². The lowest BCUT2D eigenvalue weighted by molar-refractivity contribution is 0.584. The van der Waals surface area contributed by atoms with Crippen molar-refractivity contribution >= 4 is 21.8 Å². The van der Waals surface area contributed by atoms with Crippen LogP contribution in [0.5, 0.6) is 0 Å². The van der Waals surface area contributed by atoms with E-state index >= 15 is 8.78 Å². The van der Waals surface area contributed by atoms with Crippen LogP contribution in [0.1, 0.15) is 28.2 Å². The number of hydrogen-bond donors (Lipinski definition) is 0. The summed E-state index contributed by atoms with van der Waals surface area (Å²) in [5, 5.41) is 2.01. The number of benzene rings is 10. The van der Waals surface area contributed by atoms with Crippen molar-refractivity contribution in [2.24, 2.45) is 0 Å². The summed E-state index contributed by atoms with van der Waals surface area (Å²) in [6.45, 7) is 2.02. The van der Waals surface area contributed by atoms with Crippen molar-refractivity contribution < 1.29 is 8.78 Å². The molecule has 0 aliphatic heterocycles. The molecule has 0 saturated carbocycles. The first-order valence-electron chi connectivity index (χ1n) is 25.5. The summed E-state index contributed by atoms with van der Waals surface area (Å²) in [7, 11) is 0. The Morgan fingerprint density at radius 1 is 0.312 bits per heavy atom. The molecule has 0 amide bonds. The Labute approximate surface area is 442 Å². The molecule has 0 saturated heterocycles. The van der Waals surface area contributed by atoms with E-state index in [1.54, 1.807) is 0 Å². The number of rotatable bonds is 9. The molecule has 0 fully saturated rings. The highest BCUT2D eigenvalue weighted by Gasteiger charge is 2.34. The summed E-state index contributed by atoms with van der Waals surface area (Å²) in [4.78, 5) is 30.3. The lowest BCUT2D eigenvalue weighted by Crippen LogP contribution is -2.08. The van der Waals surface area contributed by atoms with Crippen molar-refractivity contribution in [1.29, 1.82) is 0 Å². The first-order chi connectivity index (χ1) is 37.9. The first-order valence-corrected chi connectivity index (χ1v) is 25.5. The number of nitrogens with zero attached hydrogens (tertiary/aromatic N) is 7. The number of aryl methyl sites for hydroxylation is 1. The van der Waals surface area contributed by atoms with E-state index in [1.165, 1.54) is 12.1 Å². The summed E-state index contributed by atoms with van der Waals surface area (Å²) in [5.74, 6) is 1.93. The van der Waals surface area contributed by atoms with Gasteiger partial charge in [-0.3, -0.25) is 0 Å². The van der Waals surface area contributed by atoms with Gasteiger partial charge in [0, 0.05) is 56.1 Å². The van der Waals surface area contributed by atoms with Gasteiger partial charge < -0.3 is 4.57 Å². The van der Waals surface area contributed by atoms with Gasteiger partial charge in [-0.15, -0.1) is 0 Å². The molecule has 13 aromatic rings. The minimum atomic E-state index is -0.641. The van der Waals surface area contributed by atoms with Gasteiger partial charge >= 0.3 is 0 Å². The molecule has 0 N–H and O–H groups in total. The largest absolute Gasteiger partial charge is 0.309 e. The van der Waals surface area contributed by atoms with Crippen LogP contribution < -0.4 is 0 Å². The van der Waals surface area contributed by atoms with E-state index in [-0.39, 0.29) is 5.92 Å². The molecule has 364 valence electrons. The molecule has 10 aromatic carbocycles. The lowest BCUT2D eigenvalue weighted by Gasteiger charge is -2.23. The standard InChI is InChI=1S/C68H43F2N7/c1-41-34-58(62-53-28-15-14-26-51(53)56-37-46(30-32-54(56)62)67-73-63(42-18-6-2-7-19-42)71-64(74-67)43-20-8-3-9-21-43)61(40-55(41)48-35-49(69)39-50(70)36-48)77-59-29-17-16-27-52(59)57-38-47(31-33-60(57)77)68-75-65(44-22-10-4-11-23-44)72-66(76-68)45-24-12-5-13-25-45/h2-40,62H,1H3. The van der Waals surface area contributed by atoms with E-state index in [0.29, 0.717) is 40.5 Å². The van der Waals surface area contributed by atoms with Crippen molar-refractivity contribution in [2.75, 3.05) is 0 Å². The SMILES string of the molecule is Cc1cc(C2c3ccccc3-c3cc(-c4nc(-c5ccccc5)nc(-c5ccccc5)n4)ccc32)c(-n2c3ccccc3c3cc(-c4nc(-c5ccccc5)nc(-c5ccccc5)n4)ccc32)cc1-c1cc(F)cc(F)c1. The number of aromatic nitrogens is 7. The molecule has 1 unspecified atom stereocenters. The Balaban J connectivity index is 0.973.